The van der Waals surface area contributed by atoms with Crippen LogP contribution >= 0.6 is 11.6 Å². The number of rotatable bonds is 14. The molecule has 1 amide bonds. The number of nitrogens with zero attached hydrogens (tertiary/aromatic N) is 6. The van der Waals surface area contributed by atoms with E-state index >= 15 is 0 Å². The Morgan fingerprint density at radius 3 is 2.39 bits per heavy atom. The average molecular weight is 825 g/mol. The Morgan fingerprint density at radius 1 is 1.00 bits per heavy atom. The van der Waals surface area contributed by atoms with Gasteiger partial charge in [0.25, 0.3) is 0 Å². The summed E-state index contributed by atoms with van der Waals surface area (Å²) >= 11 is 6.66. The zero-order valence-corrected chi connectivity index (χ0v) is 33.3. The highest BCUT2D eigenvalue weighted by Gasteiger charge is 2.45. The van der Waals surface area contributed by atoms with Crippen LogP contribution in [0.1, 0.15) is 56.1 Å². The fourth-order valence-electron chi connectivity index (χ4n) is 6.98. The molecule has 0 bridgehead atoms. The second-order valence-electron chi connectivity index (χ2n) is 14.7. The number of benzene rings is 3. The highest BCUT2D eigenvalue weighted by molar-refractivity contribution is 7.93. The number of anilines is 1. The van der Waals surface area contributed by atoms with Gasteiger partial charge in [-0.25, -0.2) is 30.3 Å². The number of nitrogens with one attached hydrogen (secondary N) is 2. The summed E-state index contributed by atoms with van der Waals surface area (Å²) in [6.45, 7) is 3.17. The monoisotopic (exact) mass is 824 g/mol. The van der Waals surface area contributed by atoms with Gasteiger partial charge in [0.05, 0.1) is 49.4 Å². The molecule has 3 aromatic heterocycles. The van der Waals surface area contributed by atoms with Crippen LogP contribution < -0.4 is 10.0 Å². The summed E-state index contributed by atoms with van der Waals surface area (Å²) in [6, 6.07) is 16.1. The number of hydrogen-bond donors (Lipinski definition) is 2. The summed E-state index contributed by atoms with van der Waals surface area (Å²) in [4.78, 5) is 19.0. The summed E-state index contributed by atoms with van der Waals surface area (Å²) < 4.78 is 84.7. The minimum absolute atomic E-state index is 0.00206. The third-order valence-corrected chi connectivity index (χ3v) is 13.9. The first kappa shape index (κ1) is 39.2. The van der Waals surface area contributed by atoms with Crippen LogP contribution in [0.25, 0.3) is 33.1 Å². The van der Waals surface area contributed by atoms with Gasteiger partial charge in [0.1, 0.15) is 23.7 Å². The molecule has 1 fully saturated rings. The molecule has 6 aromatic rings. The van der Waals surface area contributed by atoms with Crippen LogP contribution in [0.2, 0.25) is 5.02 Å². The molecule has 2 N–H and O–H groups in total. The molecule has 1 aliphatic rings. The van der Waals surface area contributed by atoms with Gasteiger partial charge in [0.2, 0.25) is 15.9 Å². The Bertz CT molecular complexity index is 2710. The van der Waals surface area contributed by atoms with E-state index in [2.05, 4.69) is 25.4 Å². The van der Waals surface area contributed by atoms with Crippen molar-refractivity contribution in [1.29, 1.82) is 0 Å². The molecule has 1 saturated carbocycles. The third-order valence-electron chi connectivity index (χ3n) is 9.95. The molecule has 1 aliphatic carbocycles. The number of halogens is 3. The van der Waals surface area contributed by atoms with E-state index in [9.17, 15) is 30.4 Å². The number of sulfonamides is 1. The number of hydrogen-bond acceptors (Lipinski definition) is 9. The van der Waals surface area contributed by atoms with Gasteiger partial charge in [-0.05, 0) is 87.9 Å². The van der Waals surface area contributed by atoms with Crippen molar-refractivity contribution < 1.29 is 30.4 Å². The zero-order valence-electron chi connectivity index (χ0n) is 30.9. The maximum absolute atomic E-state index is 14.6. The van der Waals surface area contributed by atoms with Gasteiger partial charge in [-0.3, -0.25) is 19.2 Å². The molecule has 0 radical (unpaired) electrons. The van der Waals surface area contributed by atoms with Crippen LogP contribution in [0, 0.1) is 11.6 Å². The fourth-order valence-corrected chi connectivity index (χ4v) is 9.77. The van der Waals surface area contributed by atoms with E-state index in [0.717, 1.165) is 12.3 Å². The van der Waals surface area contributed by atoms with E-state index < -0.39 is 48.2 Å². The van der Waals surface area contributed by atoms with Gasteiger partial charge in [-0.1, -0.05) is 41.1 Å². The lowest BCUT2D eigenvalue weighted by molar-refractivity contribution is -0.122. The molecule has 0 spiro atoms. The molecular formula is C38H39ClF2N8O5S2. The van der Waals surface area contributed by atoms with Crippen LogP contribution in [-0.2, 0) is 51.1 Å². The first-order valence-electron chi connectivity index (χ1n) is 17.8. The summed E-state index contributed by atoms with van der Waals surface area (Å²) in [7, 11) is -5.54. The number of aryl methyl sites for hydroxylation is 2. The summed E-state index contributed by atoms with van der Waals surface area (Å²) in [5, 5.41) is 15.9. The molecule has 3 heterocycles. The predicted octanol–water partition coefficient (Wildman–Crippen LogP) is 6.07. The second-order valence-corrected chi connectivity index (χ2v) is 19.8. The molecule has 18 heteroatoms. The third kappa shape index (κ3) is 8.11. The average Bonchev–Trinajstić information content (AvgIpc) is 3.84. The van der Waals surface area contributed by atoms with E-state index in [1.807, 2.05) is 0 Å². The summed E-state index contributed by atoms with van der Waals surface area (Å²) in [6.07, 6.45) is 2.69. The van der Waals surface area contributed by atoms with E-state index in [0.29, 0.717) is 57.3 Å². The highest BCUT2D eigenvalue weighted by atomic mass is 35.5. The first-order valence-corrected chi connectivity index (χ1v) is 21.6. The maximum atomic E-state index is 14.6. The van der Waals surface area contributed by atoms with Crippen molar-refractivity contribution in [3.8, 4) is 11.1 Å². The highest BCUT2D eigenvalue weighted by Crippen LogP contribution is 2.41. The Morgan fingerprint density at radius 2 is 1.70 bits per heavy atom. The molecule has 0 saturated heterocycles. The Hall–Kier alpha value is -5.00. The van der Waals surface area contributed by atoms with Crippen molar-refractivity contribution in [3.63, 3.8) is 0 Å². The van der Waals surface area contributed by atoms with Crippen LogP contribution in [-0.4, -0.2) is 68.8 Å². The van der Waals surface area contributed by atoms with Crippen molar-refractivity contribution in [2.45, 2.75) is 68.5 Å². The minimum Gasteiger partial charge on any atom is -0.346 e. The molecule has 3 aromatic carbocycles. The van der Waals surface area contributed by atoms with Crippen LogP contribution in [0.3, 0.4) is 0 Å². The topological polar surface area (TPSA) is 171 Å². The smallest absolute Gasteiger partial charge is 0.242 e. The molecule has 0 aliphatic heterocycles. The van der Waals surface area contributed by atoms with Gasteiger partial charge in [0, 0.05) is 29.9 Å². The number of aromatic nitrogens is 6. The Balaban J connectivity index is 1.37. The maximum Gasteiger partial charge on any atom is 0.242 e. The van der Waals surface area contributed by atoms with Gasteiger partial charge in [0.15, 0.2) is 15.7 Å². The van der Waals surface area contributed by atoms with Gasteiger partial charge >= 0.3 is 0 Å². The largest absolute Gasteiger partial charge is 0.346 e. The number of amides is 1. The van der Waals surface area contributed by atoms with Crippen molar-refractivity contribution >= 4 is 65.1 Å². The summed E-state index contributed by atoms with van der Waals surface area (Å²) in [5.41, 5.74) is 3.68. The number of pyridine rings is 1. The summed E-state index contributed by atoms with van der Waals surface area (Å²) in [5.74, 6) is -2.11. The first-order chi connectivity index (χ1) is 26.4. The second kappa shape index (κ2) is 14.8. The van der Waals surface area contributed by atoms with Crippen molar-refractivity contribution in [2.75, 3.05) is 11.0 Å². The molecule has 0 unspecified atom stereocenters. The van der Waals surface area contributed by atoms with Crippen LogP contribution in [0.15, 0.2) is 66.7 Å². The van der Waals surface area contributed by atoms with Crippen LogP contribution in [0.4, 0.5) is 14.6 Å². The van der Waals surface area contributed by atoms with Crippen LogP contribution in [0.5, 0.6) is 0 Å². The standard InChI is InChI=1S/C38H39ClF2N8O5S2/c1-38(2,56(53,54)26-10-11-26)16-15-25-9-12-27(28-13-14-29(39)34-36(28)48(3)45-37(34)46-55(4,51)52)35(42-25)31(19-22-17-23(40)20-24(41)18-22)43-33(50)21-49-32-8-6-5-7-30(32)44-47-49/h5-9,12-14,17-18,20,26,31H,10-11,15-16,19,21H2,1-4H3,(H,43,50)(H,45,46)/t31-/m0/s1. The Labute approximate surface area is 327 Å². The molecule has 294 valence electrons. The van der Waals surface area contributed by atoms with E-state index in [1.54, 1.807) is 69.4 Å². The lowest BCUT2D eigenvalue weighted by Gasteiger charge is -2.26. The minimum atomic E-state index is -3.76. The number of sulfone groups is 1. The normalized spacial score (nSPS) is 14.3. The Kier molecular flexibility index (Phi) is 10.4. The van der Waals surface area contributed by atoms with Crippen molar-refractivity contribution in [3.05, 3.63) is 100 Å². The SMILES string of the molecule is Cn1nc(NS(C)(=O)=O)c2c(Cl)ccc(-c3ccc(CCC(C)(C)S(=O)(=O)C4CC4)nc3[C@H](Cc3cc(F)cc(F)c3)NC(=O)Cn3nnc4ccccc43)c21. The lowest BCUT2D eigenvalue weighted by atomic mass is 9.93. The van der Waals surface area contributed by atoms with Gasteiger partial charge in [-0.15, -0.1) is 5.10 Å². The van der Waals surface area contributed by atoms with Crippen molar-refractivity contribution in [1.82, 2.24) is 35.1 Å². The molecule has 1 atom stereocenters. The lowest BCUT2D eigenvalue weighted by Crippen LogP contribution is -2.35. The number of fused-ring (bicyclic) bond motifs is 2. The number of carbonyl (C=O) groups excluding carboxylic acids is 1. The molecule has 7 rings (SSSR count). The number of para-hydroxylation sites is 1. The van der Waals surface area contributed by atoms with E-state index in [-0.39, 0.29) is 47.5 Å². The van der Waals surface area contributed by atoms with Gasteiger partial charge < -0.3 is 5.32 Å². The van der Waals surface area contributed by atoms with E-state index in [4.69, 9.17) is 16.6 Å². The van der Waals surface area contributed by atoms with E-state index in [1.165, 1.54) is 21.5 Å². The molecular weight excluding hydrogens is 786 g/mol. The molecule has 13 nitrogen and oxygen atoms in total. The van der Waals surface area contributed by atoms with Crippen molar-refractivity contribution in [2.24, 2.45) is 7.05 Å². The number of carbonyl (C=O) groups is 1. The fraction of sp³-hybridized carbons (Fsp3) is 0.342. The quantitative estimate of drug-likeness (QED) is 0.132. The zero-order chi connectivity index (χ0) is 40.2. The van der Waals surface area contributed by atoms with Gasteiger partial charge in [-0.2, -0.15) is 5.10 Å². The predicted molar refractivity (Wildman–Crippen MR) is 210 cm³/mol. The molecule has 56 heavy (non-hydrogen) atoms.